The summed E-state index contributed by atoms with van der Waals surface area (Å²) in [6, 6.07) is 6.76. The zero-order valence-electron chi connectivity index (χ0n) is 12.8. The lowest BCUT2D eigenvalue weighted by atomic mass is 10.1. The molecule has 3 heteroatoms. The average Bonchev–Trinajstić information content (AvgIpc) is 2.42. The molecule has 0 bridgehead atoms. The normalized spacial score (nSPS) is 10.7. The number of rotatable bonds is 9. The summed E-state index contributed by atoms with van der Waals surface area (Å²) in [4.78, 5) is 2.44. The van der Waals surface area contributed by atoms with Crippen LogP contribution in [0.4, 0.5) is 5.69 Å². The van der Waals surface area contributed by atoms with Crippen LogP contribution in [0.3, 0.4) is 0 Å². The van der Waals surface area contributed by atoms with Gasteiger partial charge >= 0.3 is 0 Å². The molecule has 0 radical (unpaired) electrons. The van der Waals surface area contributed by atoms with E-state index in [0.717, 1.165) is 32.8 Å². The van der Waals surface area contributed by atoms with E-state index in [1.807, 2.05) is 0 Å². The largest absolute Gasteiger partial charge is 0.383 e. The second kappa shape index (κ2) is 8.94. The van der Waals surface area contributed by atoms with Gasteiger partial charge in [-0.15, -0.1) is 0 Å². The van der Waals surface area contributed by atoms with Crippen molar-refractivity contribution in [2.24, 2.45) is 0 Å². The van der Waals surface area contributed by atoms with Crippen molar-refractivity contribution in [1.29, 1.82) is 0 Å². The van der Waals surface area contributed by atoms with E-state index in [1.54, 1.807) is 7.11 Å². The van der Waals surface area contributed by atoms with Crippen LogP contribution in [0.25, 0.3) is 0 Å². The third kappa shape index (κ3) is 5.21. The molecule has 0 aliphatic carbocycles. The fraction of sp³-hybridized carbons (Fsp3) is 0.625. The highest BCUT2D eigenvalue weighted by atomic mass is 16.5. The molecule has 19 heavy (non-hydrogen) atoms. The minimum Gasteiger partial charge on any atom is -0.383 e. The third-order valence-corrected chi connectivity index (χ3v) is 3.29. The van der Waals surface area contributed by atoms with Crippen LogP contribution in [0.5, 0.6) is 0 Å². The fourth-order valence-corrected chi connectivity index (χ4v) is 2.31. The molecule has 0 fully saturated rings. The van der Waals surface area contributed by atoms with Crippen molar-refractivity contribution in [3.8, 4) is 0 Å². The number of methoxy groups -OCH3 is 1. The Labute approximate surface area is 118 Å². The maximum atomic E-state index is 5.03. The molecular weight excluding hydrogens is 236 g/mol. The van der Waals surface area contributed by atoms with Gasteiger partial charge in [0.15, 0.2) is 0 Å². The van der Waals surface area contributed by atoms with E-state index in [1.165, 1.54) is 23.2 Å². The number of hydrogen-bond donors (Lipinski definition) is 1. The Hall–Kier alpha value is -1.06. The number of hydrogen-bond acceptors (Lipinski definition) is 3. The molecule has 0 heterocycles. The average molecular weight is 264 g/mol. The molecule has 1 N–H and O–H groups in total. The lowest BCUT2D eigenvalue weighted by Crippen LogP contribution is -2.24. The van der Waals surface area contributed by atoms with Gasteiger partial charge in [-0.05, 0) is 37.5 Å². The van der Waals surface area contributed by atoms with Crippen molar-refractivity contribution in [3.63, 3.8) is 0 Å². The van der Waals surface area contributed by atoms with Gasteiger partial charge in [0.2, 0.25) is 0 Å². The number of aryl methyl sites for hydroxylation is 1. The van der Waals surface area contributed by atoms with Crippen molar-refractivity contribution < 1.29 is 4.74 Å². The number of ether oxygens (including phenoxy) is 1. The first-order valence-electron chi connectivity index (χ1n) is 7.27. The number of nitrogens with zero attached hydrogens (tertiary/aromatic N) is 1. The molecule has 108 valence electrons. The molecule has 1 aromatic rings. The standard InChI is InChI=1S/C16H28N2O/c1-5-10-18(6-2)16-8-7-15(12-14(16)3)13-17-9-11-19-4/h7-8,12,17H,5-6,9-11,13H2,1-4H3. The topological polar surface area (TPSA) is 24.5 Å². The molecule has 1 aromatic carbocycles. The van der Waals surface area contributed by atoms with Crippen molar-refractivity contribution in [3.05, 3.63) is 29.3 Å². The molecule has 3 nitrogen and oxygen atoms in total. The number of benzene rings is 1. The summed E-state index contributed by atoms with van der Waals surface area (Å²) in [5.41, 5.74) is 4.07. The molecule has 1 rings (SSSR count). The summed E-state index contributed by atoms with van der Waals surface area (Å²) in [7, 11) is 1.73. The van der Waals surface area contributed by atoms with Crippen molar-refractivity contribution in [2.45, 2.75) is 33.7 Å². The zero-order valence-corrected chi connectivity index (χ0v) is 12.8. The van der Waals surface area contributed by atoms with Crippen LogP contribution in [-0.4, -0.2) is 33.4 Å². The number of nitrogens with one attached hydrogen (secondary N) is 1. The van der Waals surface area contributed by atoms with Gasteiger partial charge < -0.3 is 15.0 Å². The van der Waals surface area contributed by atoms with E-state index >= 15 is 0 Å². The van der Waals surface area contributed by atoms with Crippen LogP contribution >= 0.6 is 0 Å². The monoisotopic (exact) mass is 264 g/mol. The molecule has 0 atom stereocenters. The summed E-state index contributed by atoms with van der Waals surface area (Å²) in [6.07, 6.45) is 1.19. The van der Waals surface area contributed by atoms with Gasteiger partial charge in [0.1, 0.15) is 0 Å². The molecule has 0 amide bonds. The van der Waals surface area contributed by atoms with Gasteiger partial charge in [-0.2, -0.15) is 0 Å². The van der Waals surface area contributed by atoms with E-state index in [4.69, 9.17) is 4.74 Å². The highest BCUT2D eigenvalue weighted by molar-refractivity contribution is 5.54. The van der Waals surface area contributed by atoms with Gasteiger partial charge in [0, 0.05) is 39.0 Å². The van der Waals surface area contributed by atoms with Crippen LogP contribution in [0.2, 0.25) is 0 Å². The molecule has 0 aliphatic heterocycles. The lowest BCUT2D eigenvalue weighted by molar-refractivity contribution is 0.199. The second-order valence-corrected chi connectivity index (χ2v) is 4.87. The molecule has 0 saturated heterocycles. The van der Waals surface area contributed by atoms with E-state index in [-0.39, 0.29) is 0 Å². The number of anilines is 1. The van der Waals surface area contributed by atoms with Crippen LogP contribution in [-0.2, 0) is 11.3 Å². The van der Waals surface area contributed by atoms with Crippen LogP contribution in [0, 0.1) is 6.92 Å². The Morgan fingerprint density at radius 1 is 1.26 bits per heavy atom. The Kier molecular flexibility index (Phi) is 7.53. The second-order valence-electron chi connectivity index (χ2n) is 4.87. The Bertz CT molecular complexity index is 366. The first-order chi connectivity index (χ1) is 9.22. The fourth-order valence-electron chi connectivity index (χ4n) is 2.31. The summed E-state index contributed by atoms with van der Waals surface area (Å²) >= 11 is 0. The first-order valence-corrected chi connectivity index (χ1v) is 7.27. The lowest BCUT2D eigenvalue weighted by Gasteiger charge is -2.24. The smallest absolute Gasteiger partial charge is 0.0587 e. The molecule has 0 unspecified atom stereocenters. The van der Waals surface area contributed by atoms with Crippen molar-refractivity contribution in [1.82, 2.24) is 5.32 Å². The van der Waals surface area contributed by atoms with Gasteiger partial charge in [-0.3, -0.25) is 0 Å². The minimum absolute atomic E-state index is 0.761. The van der Waals surface area contributed by atoms with E-state index < -0.39 is 0 Å². The van der Waals surface area contributed by atoms with Crippen molar-refractivity contribution in [2.75, 3.05) is 38.3 Å². The maximum absolute atomic E-state index is 5.03. The highest BCUT2D eigenvalue weighted by Crippen LogP contribution is 2.21. The van der Waals surface area contributed by atoms with E-state index in [9.17, 15) is 0 Å². The molecular formula is C16H28N2O. The van der Waals surface area contributed by atoms with Gasteiger partial charge in [0.25, 0.3) is 0 Å². The Balaban J connectivity index is 2.62. The Morgan fingerprint density at radius 2 is 2.05 bits per heavy atom. The van der Waals surface area contributed by atoms with Crippen LogP contribution in [0.1, 0.15) is 31.4 Å². The minimum atomic E-state index is 0.761. The highest BCUT2D eigenvalue weighted by Gasteiger charge is 2.06. The van der Waals surface area contributed by atoms with Crippen molar-refractivity contribution >= 4 is 5.69 Å². The van der Waals surface area contributed by atoms with Gasteiger partial charge in [0.05, 0.1) is 6.61 Å². The molecule has 0 aliphatic rings. The van der Waals surface area contributed by atoms with Gasteiger partial charge in [-0.1, -0.05) is 19.1 Å². The third-order valence-electron chi connectivity index (χ3n) is 3.29. The molecule has 0 saturated carbocycles. The van der Waals surface area contributed by atoms with Gasteiger partial charge in [-0.25, -0.2) is 0 Å². The maximum Gasteiger partial charge on any atom is 0.0587 e. The zero-order chi connectivity index (χ0) is 14.1. The van der Waals surface area contributed by atoms with Crippen LogP contribution in [0.15, 0.2) is 18.2 Å². The quantitative estimate of drug-likeness (QED) is 0.694. The predicted molar refractivity (Wildman–Crippen MR) is 82.9 cm³/mol. The first kappa shape index (κ1) is 16.0. The SMILES string of the molecule is CCCN(CC)c1ccc(CNCCOC)cc1C. The van der Waals surface area contributed by atoms with E-state index in [0.29, 0.717) is 0 Å². The summed E-state index contributed by atoms with van der Waals surface area (Å²) in [5, 5.41) is 3.38. The Morgan fingerprint density at radius 3 is 2.63 bits per heavy atom. The molecule has 0 aromatic heterocycles. The molecule has 0 spiro atoms. The summed E-state index contributed by atoms with van der Waals surface area (Å²) in [5.74, 6) is 0. The van der Waals surface area contributed by atoms with Crippen LogP contribution < -0.4 is 10.2 Å². The van der Waals surface area contributed by atoms with E-state index in [2.05, 4.69) is 49.2 Å². The summed E-state index contributed by atoms with van der Waals surface area (Å²) in [6.45, 7) is 11.4. The predicted octanol–water partition coefficient (Wildman–Crippen LogP) is 2.97. The summed E-state index contributed by atoms with van der Waals surface area (Å²) < 4.78 is 5.03.